The van der Waals surface area contributed by atoms with Gasteiger partial charge in [-0.1, -0.05) is 98.8 Å². The van der Waals surface area contributed by atoms with Crippen LogP contribution in [0.1, 0.15) is 32.3 Å². The molecule has 57 heavy (non-hydrogen) atoms. The van der Waals surface area contributed by atoms with Crippen LogP contribution in [-0.2, 0) is 0 Å². The van der Waals surface area contributed by atoms with Gasteiger partial charge in [-0.25, -0.2) is 0 Å². The molecule has 4 aliphatic rings. The van der Waals surface area contributed by atoms with E-state index in [0.29, 0.717) is 6.54 Å². The van der Waals surface area contributed by atoms with E-state index >= 15 is 0 Å². The maximum Gasteiger partial charge on any atom is 0.151 e. The highest BCUT2D eigenvalue weighted by Gasteiger charge is 2.33. The first kappa shape index (κ1) is 35.8. The minimum absolute atomic E-state index is 0.0757. The van der Waals surface area contributed by atoms with Crippen molar-refractivity contribution < 1.29 is 9.47 Å². The molecule has 284 valence electrons. The lowest BCUT2D eigenvalue weighted by atomic mass is 9.93. The molecular weight excluding hydrogens is 705 g/mol. The lowest BCUT2D eigenvalue weighted by Gasteiger charge is -2.40. The van der Waals surface area contributed by atoms with Gasteiger partial charge in [0.05, 0.1) is 40.2 Å². The summed E-state index contributed by atoms with van der Waals surface area (Å²) in [6, 6.07) is 51.8. The van der Waals surface area contributed by atoms with Gasteiger partial charge in [-0.2, -0.15) is 0 Å². The number of nitrogens with two attached hydrogens (primary N) is 1. The van der Waals surface area contributed by atoms with Gasteiger partial charge in [0.2, 0.25) is 0 Å². The van der Waals surface area contributed by atoms with E-state index in [2.05, 4.69) is 111 Å². The van der Waals surface area contributed by atoms with Crippen molar-refractivity contribution >= 4 is 39.8 Å². The van der Waals surface area contributed by atoms with Gasteiger partial charge in [0.15, 0.2) is 23.0 Å². The minimum atomic E-state index is -0.143. The van der Waals surface area contributed by atoms with Gasteiger partial charge in [-0.05, 0) is 103 Å². The summed E-state index contributed by atoms with van der Waals surface area (Å²) in [6.45, 7) is 4.44. The highest BCUT2D eigenvalue weighted by atomic mass is 16.5. The smallest absolute Gasteiger partial charge is 0.151 e. The molecule has 0 amide bonds. The molecule has 5 N–H and O–H groups in total. The molecule has 0 bridgehead atoms. The van der Waals surface area contributed by atoms with Crippen molar-refractivity contribution in [2.45, 2.75) is 38.9 Å². The number of nitrogens with one attached hydrogen (secondary N) is 3. The molecule has 1 aliphatic carbocycles. The Balaban J connectivity index is 0.00000208. The van der Waals surface area contributed by atoms with Crippen LogP contribution in [0.15, 0.2) is 181 Å². The summed E-state index contributed by atoms with van der Waals surface area (Å²) in [5, 5.41) is 11.5. The Bertz CT molecular complexity index is 2400. The van der Waals surface area contributed by atoms with Gasteiger partial charge < -0.3 is 41.0 Å². The van der Waals surface area contributed by atoms with E-state index < -0.39 is 0 Å². The van der Waals surface area contributed by atoms with E-state index in [4.69, 9.17) is 15.2 Å². The molecule has 2 atom stereocenters. The number of allylic oxidation sites excluding steroid dienone is 4. The van der Waals surface area contributed by atoms with Crippen LogP contribution in [0.4, 0.5) is 34.1 Å². The lowest BCUT2D eigenvalue weighted by molar-refractivity contribution is 0.446. The van der Waals surface area contributed by atoms with Crippen LogP contribution >= 0.6 is 0 Å². The standard InChI is InChI=1S/C47H40N6O2.C2H6/c48-30-36-47(49-33-12-2-1-3-13-33)51-46(32-24-28-35(29-25-32)53-39-16-6-10-20-43(39)55-44-21-11-7-17-40(44)53)45(50-36)31-22-26-34(27-23-31)52-37-14-4-8-18-41(37)54-42-19-9-5-15-38(42)52;1-2/h1-24,26-28,36,47,49-51H,25,29-30,48H2;1-2H3. The molecule has 8 heteroatoms. The maximum absolute atomic E-state index is 6.48. The second-order valence-corrected chi connectivity index (χ2v) is 14.0. The molecule has 0 spiro atoms. The summed E-state index contributed by atoms with van der Waals surface area (Å²) >= 11 is 0. The predicted octanol–water partition coefficient (Wildman–Crippen LogP) is 11.5. The number of fused-ring (bicyclic) bond motifs is 4. The molecule has 8 nitrogen and oxygen atoms in total. The van der Waals surface area contributed by atoms with Crippen LogP contribution in [0.2, 0.25) is 0 Å². The highest BCUT2D eigenvalue weighted by molar-refractivity contribution is 5.87. The number of anilines is 6. The summed E-state index contributed by atoms with van der Waals surface area (Å²) in [5.74, 6) is 3.37. The first-order valence-corrected chi connectivity index (χ1v) is 19.8. The van der Waals surface area contributed by atoms with E-state index in [1.165, 1.54) is 11.3 Å². The molecule has 6 aromatic carbocycles. The second kappa shape index (κ2) is 15.7. The lowest BCUT2D eigenvalue weighted by Crippen LogP contribution is -2.59. The molecule has 0 radical (unpaired) electrons. The number of rotatable bonds is 7. The van der Waals surface area contributed by atoms with Crippen molar-refractivity contribution in [1.29, 1.82) is 0 Å². The third kappa shape index (κ3) is 6.74. The number of ether oxygens (including phenoxy) is 2. The quantitative estimate of drug-likeness (QED) is 0.128. The molecule has 3 heterocycles. The van der Waals surface area contributed by atoms with E-state index in [9.17, 15) is 0 Å². The van der Waals surface area contributed by atoms with Gasteiger partial charge in [-0.15, -0.1) is 0 Å². The number of hydrogen-bond donors (Lipinski definition) is 4. The zero-order chi connectivity index (χ0) is 38.7. The normalized spacial score (nSPS) is 17.6. The largest absolute Gasteiger partial charge is 0.453 e. The summed E-state index contributed by atoms with van der Waals surface area (Å²) in [4.78, 5) is 4.61. The number of benzene rings is 6. The van der Waals surface area contributed by atoms with E-state index in [1.54, 1.807) is 0 Å². The molecule has 0 saturated heterocycles. The van der Waals surface area contributed by atoms with Gasteiger partial charge in [0.25, 0.3) is 0 Å². The predicted molar refractivity (Wildman–Crippen MR) is 233 cm³/mol. The van der Waals surface area contributed by atoms with Crippen LogP contribution in [0.5, 0.6) is 23.0 Å². The van der Waals surface area contributed by atoms with Crippen LogP contribution in [0, 0.1) is 0 Å². The van der Waals surface area contributed by atoms with Crippen molar-refractivity contribution in [1.82, 2.24) is 10.6 Å². The molecule has 2 unspecified atom stereocenters. The van der Waals surface area contributed by atoms with E-state index in [0.717, 1.165) is 86.9 Å². The Morgan fingerprint density at radius 2 is 1.07 bits per heavy atom. The highest BCUT2D eigenvalue weighted by Crippen LogP contribution is 2.51. The fourth-order valence-corrected chi connectivity index (χ4v) is 7.99. The average Bonchev–Trinajstić information content (AvgIpc) is 3.28. The summed E-state index contributed by atoms with van der Waals surface area (Å²) in [5.41, 5.74) is 18.3. The number of hydrogen-bond acceptors (Lipinski definition) is 8. The summed E-state index contributed by atoms with van der Waals surface area (Å²) < 4.78 is 12.6. The molecule has 0 fully saturated rings. The van der Waals surface area contributed by atoms with Crippen molar-refractivity contribution in [2.75, 3.05) is 21.7 Å². The molecular formula is C49H46N6O2. The Hall–Kier alpha value is -6.90. The monoisotopic (exact) mass is 750 g/mol. The van der Waals surface area contributed by atoms with Crippen LogP contribution in [0.25, 0.3) is 5.70 Å². The minimum Gasteiger partial charge on any atom is -0.453 e. The van der Waals surface area contributed by atoms with Gasteiger partial charge in [-0.3, -0.25) is 0 Å². The number of para-hydroxylation sites is 9. The zero-order valence-electron chi connectivity index (χ0n) is 32.2. The molecule has 3 aliphatic heterocycles. The van der Waals surface area contributed by atoms with E-state index in [-0.39, 0.29) is 12.2 Å². The first-order chi connectivity index (χ1) is 28.2. The third-order valence-corrected chi connectivity index (χ3v) is 10.6. The zero-order valence-corrected chi connectivity index (χ0v) is 32.2. The van der Waals surface area contributed by atoms with Crippen molar-refractivity contribution in [3.05, 3.63) is 186 Å². The van der Waals surface area contributed by atoms with Crippen molar-refractivity contribution in [3.8, 4) is 23.0 Å². The van der Waals surface area contributed by atoms with Gasteiger partial charge >= 0.3 is 0 Å². The molecule has 0 aromatic heterocycles. The van der Waals surface area contributed by atoms with E-state index in [1.807, 2.05) is 92.7 Å². The second-order valence-electron chi connectivity index (χ2n) is 14.0. The topological polar surface area (TPSA) is 87.0 Å². The maximum atomic E-state index is 6.48. The van der Waals surface area contributed by atoms with Crippen molar-refractivity contribution in [2.24, 2.45) is 5.73 Å². The SMILES string of the molecule is CC.NCC1NC(c2ccc(N3c4ccccc4Oc4ccccc43)cc2)=C(C2=CC=C(N3c4ccccc4Oc4ccccc43)CC2)NC1Nc1ccccc1. The third-order valence-electron chi connectivity index (χ3n) is 10.6. The van der Waals surface area contributed by atoms with Crippen LogP contribution < -0.4 is 41.0 Å². The molecule has 6 aromatic rings. The van der Waals surface area contributed by atoms with Crippen LogP contribution in [0.3, 0.4) is 0 Å². The fourth-order valence-electron chi connectivity index (χ4n) is 7.99. The number of nitrogens with zero attached hydrogens (tertiary/aromatic N) is 2. The average molecular weight is 751 g/mol. The summed E-state index contributed by atoms with van der Waals surface area (Å²) in [6.07, 6.45) is 6.07. The fraction of sp³-hybridized carbons (Fsp3) is 0.143. The molecule has 0 saturated carbocycles. The Morgan fingerprint density at radius 3 is 1.58 bits per heavy atom. The Morgan fingerprint density at radius 1 is 0.561 bits per heavy atom. The Labute approximate surface area is 334 Å². The Kier molecular flexibility index (Phi) is 9.85. The summed E-state index contributed by atoms with van der Waals surface area (Å²) in [7, 11) is 0. The molecule has 10 rings (SSSR count). The van der Waals surface area contributed by atoms with Crippen molar-refractivity contribution in [3.63, 3.8) is 0 Å². The van der Waals surface area contributed by atoms with Gasteiger partial charge in [0.1, 0.15) is 6.17 Å². The van der Waals surface area contributed by atoms with Crippen LogP contribution in [-0.4, -0.2) is 18.8 Å². The van der Waals surface area contributed by atoms with Gasteiger partial charge in [0, 0.05) is 23.6 Å². The first-order valence-electron chi connectivity index (χ1n) is 19.8.